The number of nitrogens with zero attached hydrogens (tertiary/aromatic N) is 1. The Hall–Kier alpha value is -2.13. The van der Waals surface area contributed by atoms with Gasteiger partial charge in [-0.15, -0.1) is 0 Å². The molecule has 0 aliphatic carbocycles. The van der Waals surface area contributed by atoms with E-state index in [2.05, 4.69) is 18.7 Å². The molecule has 1 aliphatic heterocycles. The van der Waals surface area contributed by atoms with E-state index in [1.807, 2.05) is 30.3 Å². The number of ketones is 1. The van der Waals surface area contributed by atoms with E-state index >= 15 is 0 Å². The van der Waals surface area contributed by atoms with Crippen LogP contribution in [0.15, 0.2) is 48.5 Å². The fourth-order valence-corrected chi connectivity index (χ4v) is 3.84. The number of piperidine rings is 1. The van der Waals surface area contributed by atoms with Crippen LogP contribution in [0.4, 0.5) is 0 Å². The highest BCUT2D eigenvalue weighted by Gasteiger charge is 2.24. The second-order valence-electron chi connectivity index (χ2n) is 7.16. The van der Waals surface area contributed by atoms with E-state index in [-0.39, 0.29) is 11.5 Å². The number of likely N-dealkylation sites (tertiary alicyclic amines) is 1. The zero-order chi connectivity index (χ0) is 17.8. The first kappa shape index (κ1) is 17.7. The van der Waals surface area contributed by atoms with Crippen molar-refractivity contribution >= 4 is 5.78 Å². The molecule has 0 amide bonds. The van der Waals surface area contributed by atoms with Crippen molar-refractivity contribution in [3.05, 3.63) is 65.2 Å². The minimum atomic E-state index is -0.125. The van der Waals surface area contributed by atoms with Gasteiger partial charge in [-0.1, -0.05) is 42.8 Å². The Morgan fingerprint density at radius 1 is 1.08 bits per heavy atom. The summed E-state index contributed by atoms with van der Waals surface area (Å²) < 4.78 is 0. The molecule has 3 rings (SSSR count). The first-order valence-corrected chi connectivity index (χ1v) is 9.23. The molecule has 0 bridgehead atoms. The van der Waals surface area contributed by atoms with Gasteiger partial charge in [0.15, 0.2) is 5.78 Å². The molecule has 3 nitrogen and oxygen atoms in total. The summed E-state index contributed by atoms with van der Waals surface area (Å²) in [6, 6.07) is 15.8. The quantitative estimate of drug-likeness (QED) is 0.821. The van der Waals surface area contributed by atoms with E-state index in [4.69, 9.17) is 0 Å². The lowest BCUT2D eigenvalue weighted by molar-refractivity contribution is 0.103. The highest BCUT2D eigenvalue weighted by atomic mass is 16.3. The fraction of sp³-hybridized carbons (Fsp3) is 0.409. The summed E-state index contributed by atoms with van der Waals surface area (Å²) in [6.45, 7) is 5.60. The Labute approximate surface area is 150 Å². The summed E-state index contributed by atoms with van der Waals surface area (Å²) in [5.74, 6) is -0.0722. The Morgan fingerprint density at radius 3 is 2.44 bits per heavy atom. The van der Waals surface area contributed by atoms with Crippen molar-refractivity contribution in [2.45, 2.75) is 51.6 Å². The van der Waals surface area contributed by atoms with Crippen LogP contribution in [0.3, 0.4) is 0 Å². The van der Waals surface area contributed by atoms with Crippen molar-refractivity contribution in [1.29, 1.82) is 0 Å². The molecule has 0 saturated carbocycles. The molecule has 2 aromatic rings. The number of benzene rings is 2. The SMILES string of the molecule is CC1CCCC(C)N1CCc1ccc(O)c(C(=O)c2ccccc2)c1. The van der Waals surface area contributed by atoms with Crippen molar-refractivity contribution in [3.8, 4) is 5.75 Å². The number of hydrogen-bond acceptors (Lipinski definition) is 3. The summed E-state index contributed by atoms with van der Waals surface area (Å²) in [7, 11) is 0. The Kier molecular flexibility index (Phi) is 5.54. The highest BCUT2D eigenvalue weighted by Crippen LogP contribution is 2.25. The molecule has 1 heterocycles. The highest BCUT2D eigenvalue weighted by molar-refractivity contribution is 6.10. The Bertz CT molecular complexity index is 716. The third-order valence-electron chi connectivity index (χ3n) is 5.38. The van der Waals surface area contributed by atoms with Gasteiger partial charge in [0, 0.05) is 24.2 Å². The average molecular weight is 337 g/mol. The number of carbonyl (C=O) groups is 1. The van der Waals surface area contributed by atoms with E-state index in [0.29, 0.717) is 23.2 Å². The molecule has 0 radical (unpaired) electrons. The lowest BCUT2D eigenvalue weighted by Crippen LogP contribution is -2.44. The van der Waals surface area contributed by atoms with Crippen molar-refractivity contribution in [2.24, 2.45) is 0 Å². The molecule has 2 unspecified atom stereocenters. The predicted octanol–water partition coefficient (Wildman–Crippen LogP) is 4.43. The molecule has 0 aromatic heterocycles. The first-order valence-electron chi connectivity index (χ1n) is 9.23. The smallest absolute Gasteiger partial charge is 0.196 e. The fourth-order valence-electron chi connectivity index (χ4n) is 3.84. The molecule has 1 N–H and O–H groups in total. The zero-order valence-electron chi connectivity index (χ0n) is 15.1. The molecular formula is C22H27NO2. The summed E-state index contributed by atoms with van der Waals surface area (Å²) in [6.07, 6.45) is 4.73. The molecule has 132 valence electrons. The van der Waals surface area contributed by atoms with Crippen LogP contribution < -0.4 is 0 Å². The molecule has 2 atom stereocenters. The van der Waals surface area contributed by atoms with Gasteiger partial charge in [0.1, 0.15) is 5.75 Å². The van der Waals surface area contributed by atoms with Crippen molar-refractivity contribution in [2.75, 3.05) is 6.54 Å². The zero-order valence-corrected chi connectivity index (χ0v) is 15.1. The third kappa shape index (κ3) is 4.10. The summed E-state index contributed by atoms with van der Waals surface area (Å²) >= 11 is 0. The standard InChI is InChI=1S/C22H27NO2/c1-16-7-6-8-17(2)23(16)14-13-18-11-12-21(24)20(15-18)22(25)19-9-4-3-5-10-19/h3-5,9-12,15-17,24H,6-8,13-14H2,1-2H3. The number of aromatic hydroxyl groups is 1. The van der Waals surface area contributed by atoms with Crippen LogP contribution in [-0.2, 0) is 6.42 Å². The Morgan fingerprint density at radius 2 is 1.76 bits per heavy atom. The van der Waals surface area contributed by atoms with Gasteiger partial charge in [0.2, 0.25) is 0 Å². The maximum atomic E-state index is 12.7. The lowest BCUT2D eigenvalue weighted by atomic mass is 9.96. The summed E-state index contributed by atoms with van der Waals surface area (Å²) in [5, 5.41) is 10.1. The van der Waals surface area contributed by atoms with E-state index in [9.17, 15) is 9.90 Å². The molecule has 1 saturated heterocycles. The topological polar surface area (TPSA) is 40.5 Å². The predicted molar refractivity (Wildman–Crippen MR) is 101 cm³/mol. The van der Waals surface area contributed by atoms with E-state index in [1.54, 1.807) is 18.2 Å². The lowest BCUT2D eigenvalue weighted by Gasteiger charge is -2.39. The number of hydrogen-bond donors (Lipinski definition) is 1. The van der Waals surface area contributed by atoms with Gasteiger partial charge in [-0.25, -0.2) is 0 Å². The van der Waals surface area contributed by atoms with E-state index in [1.165, 1.54) is 19.3 Å². The molecule has 2 aromatic carbocycles. The van der Waals surface area contributed by atoms with Crippen molar-refractivity contribution in [1.82, 2.24) is 4.90 Å². The minimum Gasteiger partial charge on any atom is -0.507 e. The second-order valence-corrected chi connectivity index (χ2v) is 7.16. The van der Waals surface area contributed by atoms with Crippen LogP contribution in [0.5, 0.6) is 5.75 Å². The van der Waals surface area contributed by atoms with Crippen LogP contribution in [0.1, 0.15) is 54.6 Å². The average Bonchev–Trinajstić information content (AvgIpc) is 2.63. The van der Waals surface area contributed by atoms with Gasteiger partial charge in [0.25, 0.3) is 0 Å². The van der Waals surface area contributed by atoms with Gasteiger partial charge >= 0.3 is 0 Å². The normalized spacial score (nSPS) is 21.2. The van der Waals surface area contributed by atoms with Crippen molar-refractivity contribution < 1.29 is 9.90 Å². The maximum Gasteiger partial charge on any atom is 0.196 e. The van der Waals surface area contributed by atoms with Gasteiger partial charge in [-0.3, -0.25) is 9.69 Å². The minimum absolute atomic E-state index is 0.0531. The number of carbonyl (C=O) groups excluding carboxylic acids is 1. The number of phenolic OH excluding ortho intramolecular Hbond substituents is 1. The van der Waals surface area contributed by atoms with Crippen LogP contribution in [0.2, 0.25) is 0 Å². The number of rotatable bonds is 5. The molecule has 25 heavy (non-hydrogen) atoms. The largest absolute Gasteiger partial charge is 0.507 e. The first-order chi connectivity index (χ1) is 12.1. The molecule has 3 heteroatoms. The molecule has 1 aliphatic rings. The van der Waals surface area contributed by atoms with Crippen LogP contribution in [0.25, 0.3) is 0 Å². The molecule has 1 fully saturated rings. The summed E-state index contributed by atoms with van der Waals surface area (Å²) in [4.78, 5) is 15.2. The summed E-state index contributed by atoms with van der Waals surface area (Å²) in [5.41, 5.74) is 2.10. The molecular weight excluding hydrogens is 310 g/mol. The van der Waals surface area contributed by atoms with Crippen LogP contribution >= 0.6 is 0 Å². The number of phenols is 1. The van der Waals surface area contributed by atoms with E-state index in [0.717, 1.165) is 18.5 Å². The monoisotopic (exact) mass is 337 g/mol. The van der Waals surface area contributed by atoms with Crippen LogP contribution in [-0.4, -0.2) is 34.4 Å². The van der Waals surface area contributed by atoms with Crippen LogP contribution in [0, 0.1) is 0 Å². The van der Waals surface area contributed by atoms with E-state index < -0.39 is 0 Å². The third-order valence-corrected chi connectivity index (χ3v) is 5.38. The van der Waals surface area contributed by atoms with Crippen molar-refractivity contribution in [3.63, 3.8) is 0 Å². The van der Waals surface area contributed by atoms with Gasteiger partial charge in [0.05, 0.1) is 5.56 Å². The molecule has 0 spiro atoms. The van der Waals surface area contributed by atoms with Gasteiger partial charge < -0.3 is 5.11 Å². The second kappa shape index (κ2) is 7.83. The van der Waals surface area contributed by atoms with Gasteiger partial charge in [-0.2, -0.15) is 0 Å². The maximum absolute atomic E-state index is 12.7. The van der Waals surface area contributed by atoms with Gasteiger partial charge in [-0.05, 0) is 50.8 Å². The Balaban J connectivity index is 1.74.